The number of nitrogens with one attached hydrogen (secondary N) is 1. The van der Waals surface area contributed by atoms with Crippen LogP contribution in [0.2, 0.25) is 0 Å². The van der Waals surface area contributed by atoms with Crippen LogP contribution in [-0.2, 0) is 11.3 Å². The molecule has 1 unspecified atom stereocenters. The first-order valence-corrected chi connectivity index (χ1v) is 8.85. The molecule has 1 saturated heterocycles. The zero-order chi connectivity index (χ0) is 18.5. The van der Waals surface area contributed by atoms with Crippen molar-refractivity contribution in [1.82, 2.24) is 19.8 Å². The van der Waals surface area contributed by atoms with Crippen LogP contribution in [0.5, 0.6) is 0 Å². The third kappa shape index (κ3) is 4.04. The molecule has 0 bridgehead atoms. The standard InChI is InChI=1S/C19H26FN5O/c1-14-22-7-9-25(14)18-5-4-15(10-17(18)20)11-23-19(21-2)24-8-6-16(12-24)13-26-3/h4-5,7,9-10,16H,6,8,11-13H2,1-3H3,(H,21,23). The van der Waals surface area contributed by atoms with E-state index in [4.69, 9.17) is 4.74 Å². The van der Waals surface area contributed by atoms with Gasteiger partial charge in [0.1, 0.15) is 11.6 Å². The van der Waals surface area contributed by atoms with Gasteiger partial charge >= 0.3 is 0 Å². The molecule has 2 aromatic rings. The molecular formula is C19H26FN5O. The van der Waals surface area contributed by atoms with E-state index in [1.54, 1.807) is 43.3 Å². The van der Waals surface area contributed by atoms with Crippen LogP contribution in [-0.4, -0.2) is 54.3 Å². The van der Waals surface area contributed by atoms with Crippen LogP contribution in [0.1, 0.15) is 17.8 Å². The van der Waals surface area contributed by atoms with Gasteiger partial charge in [0.15, 0.2) is 5.96 Å². The minimum atomic E-state index is -0.262. The van der Waals surface area contributed by atoms with Crippen LogP contribution in [0, 0.1) is 18.7 Å². The average Bonchev–Trinajstić information content (AvgIpc) is 3.25. The fraction of sp³-hybridized carbons (Fsp3) is 0.474. The number of likely N-dealkylation sites (tertiary alicyclic amines) is 1. The molecule has 1 aliphatic rings. The van der Waals surface area contributed by atoms with Gasteiger partial charge in [0, 0.05) is 52.1 Å². The lowest BCUT2D eigenvalue weighted by atomic mass is 10.1. The highest BCUT2D eigenvalue weighted by Crippen LogP contribution is 2.18. The number of benzene rings is 1. The summed E-state index contributed by atoms with van der Waals surface area (Å²) in [6, 6.07) is 5.27. The van der Waals surface area contributed by atoms with Crippen LogP contribution in [0.25, 0.3) is 5.69 Å². The van der Waals surface area contributed by atoms with Gasteiger partial charge in [-0.25, -0.2) is 9.37 Å². The Kier molecular flexibility index (Phi) is 5.88. The molecular weight excluding hydrogens is 333 g/mol. The summed E-state index contributed by atoms with van der Waals surface area (Å²) in [5, 5.41) is 3.33. The highest BCUT2D eigenvalue weighted by molar-refractivity contribution is 5.80. The van der Waals surface area contributed by atoms with Crippen LogP contribution in [0.15, 0.2) is 35.6 Å². The number of halogens is 1. The first-order valence-electron chi connectivity index (χ1n) is 8.85. The predicted molar refractivity (Wildman–Crippen MR) is 100 cm³/mol. The highest BCUT2D eigenvalue weighted by atomic mass is 19.1. The van der Waals surface area contributed by atoms with Crippen molar-refractivity contribution < 1.29 is 9.13 Å². The molecule has 1 fully saturated rings. The lowest BCUT2D eigenvalue weighted by Gasteiger charge is -2.22. The Morgan fingerprint density at radius 1 is 1.46 bits per heavy atom. The van der Waals surface area contributed by atoms with Gasteiger partial charge in [0.2, 0.25) is 0 Å². The minimum Gasteiger partial charge on any atom is -0.384 e. The molecule has 1 aromatic carbocycles. The second kappa shape index (κ2) is 8.31. The Morgan fingerprint density at radius 2 is 2.31 bits per heavy atom. The predicted octanol–water partition coefficient (Wildman–Crippen LogP) is 2.36. The van der Waals surface area contributed by atoms with E-state index in [1.807, 2.05) is 13.0 Å². The van der Waals surface area contributed by atoms with E-state index in [-0.39, 0.29) is 5.82 Å². The quantitative estimate of drug-likeness (QED) is 0.658. The minimum absolute atomic E-state index is 0.262. The van der Waals surface area contributed by atoms with Crippen molar-refractivity contribution >= 4 is 5.96 Å². The summed E-state index contributed by atoms with van der Waals surface area (Å²) < 4.78 is 21.5. The van der Waals surface area contributed by atoms with E-state index in [0.717, 1.165) is 43.5 Å². The number of ether oxygens (including phenoxy) is 1. The van der Waals surface area contributed by atoms with E-state index in [0.29, 0.717) is 18.2 Å². The van der Waals surface area contributed by atoms with Gasteiger partial charge in [0.05, 0.1) is 12.3 Å². The molecule has 26 heavy (non-hydrogen) atoms. The fourth-order valence-corrected chi connectivity index (χ4v) is 3.40. The number of hydrogen-bond donors (Lipinski definition) is 1. The normalized spacial score (nSPS) is 17.8. The summed E-state index contributed by atoms with van der Waals surface area (Å²) in [5.74, 6) is 1.88. The van der Waals surface area contributed by atoms with Gasteiger partial charge in [-0.3, -0.25) is 4.99 Å². The topological polar surface area (TPSA) is 54.7 Å². The molecule has 0 spiro atoms. The van der Waals surface area contributed by atoms with Crippen molar-refractivity contribution in [3.63, 3.8) is 0 Å². The molecule has 0 saturated carbocycles. The van der Waals surface area contributed by atoms with Crippen LogP contribution in [0.4, 0.5) is 4.39 Å². The summed E-state index contributed by atoms with van der Waals surface area (Å²) in [4.78, 5) is 10.7. The van der Waals surface area contributed by atoms with Crippen molar-refractivity contribution in [1.29, 1.82) is 0 Å². The molecule has 3 rings (SSSR count). The molecule has 7 heteroatoms. The highest BCUT2D eigenvalue weighted by Gasteiger charge is 2.24. The molecule has 1 atom stereocenters. The second-order valence-electron chi connectivity index (χ2n) is 6.59. The number of rotatable bonds is 5. The van der Waals surface area contributed by atoms with Gasteiger partial charge < -0.3 is 19.5 Å². The number of methoxy groups -OCH3 is 1. The first kappa shape index (κ1) is 18.4. The zero-order valence-corrected chi connectivity index (χ0v) is 15.6. The molecule has 0 radical (unpaired) electrons. The molecule has 140 valence electrons. The van der Waals surface area contributed by atoms with Gasteiger partial charge in [-0.2, -0.15) is 0 Å². The molecule has 6 nitrogen and oxygen atoms in total. The first-order chi connectivity index (χ1) is 12.6. The van der Waals surface area contributed by atoms with Crippen molar-refractivity contribution in [3.05, 3.63) is 47.8 Å². The van der Waals surface area contributed by atoms with Gasteiger partial charge in [0.25, 0.3) is 0 Å². The molecule has 0 amide bonds. The lowest BCUT2D eigenvalue weighted by Crippen LogP contribution is -2.39. The Balaban J connectivity index is 1.62. The molecule has 2 heterocycles. The fourth-order valence-electron chi connectivity index (χ4n) is 3.40. The van der Waals surface area contributed by atoms with Gasteiger partial charge in [-0.05, 0) is 31.0 Å². The number of aliphatic imine (C=N–C) groups is 1. The summed E-state index contributed by atoms with van der Waals surface area (Å²) >= 11 is 0. The maximum absolute atomic E-state index is 14.5. The van der Waals surface area contributed by atoms with Crippen molar-refractivity contribution in [2.45, 2.75) is 19.9 Å². The van der Waals surface area contributed by atoms with E-state index in [1.165, 1.54) is 0 Å². The lowest BCUT2D eigenvalue weighted by molar-refractivity contribution is 0.157. The van der Waals surface area contributed by atoms with E-state index < -0.39 is 0 Å². The number of aromatic nitrogens is 2. The molecule has 1 aromatic heterocycles. The van der Waals surface area contributed by atoms with Gasteiger partial charge in [-0.1, -0.05) is 6.07 Å². The van der Waals surface area contributed by atoms with Gasteiger partial charge in [-0.15, -0.1) is 0 Å². The van der Waals surface area contributed by atoms with Crippen LogP contribution < -0.4 is 5.32 Å². The second-order valence-corrected chi connectivity index (χ2v) is 6.59. The smallest absolute Gasteiger partial charge is 0.193 e. The average molecular weight is 359 g/mol. The number of nitrogens with zero attached hydrogens (tertiary/aromatic N) is 4. The number of imidazole rings is 1. The Hall–Kier alpha value is -2.41. The summed E-state index contributed by atoms with van der Waals surface area (Å²) in [5.41, 5.74) is 1.38. The maximum atomic E-state index is 14.5. The van der Waals surface area contributed by atoms with E-state index >= 15 is 0 Å². The third-order valence-electron chi connectivity index (χ3n) is 4.75. The van der Waals surface area contributed by atoms with Crippen LogP contribution >= 0.6 is 0 Å². The zero-order valence-electron chi connectivity index (χ0n) is 15.6. The SMILES string of the molecule is CN=C(NCc1ccc(-n2ccnc2C)c(F)c1)N1CCC(COC)C1. The van der Waals surface area contributed by atoms with Crippen molar-refractivity contribution in [2.24, 2.45) is 10.9 Å². The van der Waals surface area contributed by atoms with E-state index in [9.17, 15) is 4.39 Å². The Morgan fingerprint density at radius 3 is 2.96 bits per heavy atom. The number of hydrogen-bond acceptors (Lipinski definition) is 3. The maximum Gasteiger partial charge on any atom is 0.193 e. The number of aryl methyl sites for hydroxylation is 1. The summed E-state index contributed by atoms with van der Waals surface area (Å²) in [6.45, 7) is 5.04. The largest absolute Gasteiger partial charge is 0.384 e. The summed E-state index contributed by atoms with van der Waals surface area (Å²) in [6.07, 6.45) is 4.53. The summed E-state index contributed by atoms with van der Waals surface area (Å²) in [7, 11) is 3.51. The van der Waals surface area contributed by atoms with Crippen molar-refractivity contribution in [3.8, 4) is 5.69 Å². The number of guanidine groups is 1. The molecule has 1 aliphatic heterocycles. The monoisotopic (exact) mass is 359 g/mol. The molecule has 0 aliphatic carbocycles. The van der Waals surface area contributed by atoms with Crippen molar-refractivity contribution in [2.75, 3.05) is 33.9 Å². The third-order valence-corrected chi connectivity index (χ3v) is 4.75. The van der Waals surface area contributed by atoms with E-state index in [2.05, 4.69) is 20.2 Å². The molecule has 1 N–H and O–H groups in total. The Bertz CT molecular complexity index is 773. The Labute approximate surface area is 153 Å². The van der Waals surface area contributed by atoms with Crippen LogP contribution in [0.3, 0.4) is 0 Å².